The van der Waals surface area contributed by atoms with E-state index >= 15 is 0 Å². The summed E-state index contributed by atoms with van der Waals surface area (Å²) in [4.78, 5) is 0. The smallest absolute Gasteiger partial charge is 0.390 e. The van der Waals surface area contributed by atoms with Crippen molar-refractivity contribution in [2.75, 3.05) is 6.61 Å². The van der Waals surface area contributed by atoms with Gasteiger partial charge in [-0.2, -0.15) is 13.2 Å². The van der Waals surface area contributed by atoms with Gasteiger partial charge in [-0.3, -0.25) is 11.3 Å². The normalized spacial score (nSPS) is 16.9. The Morgan fingerprint density at radius 1 is 1.39 bits per heavy atom. The van der Waals surface area contributed by atoms with E-state index in [1.807, 2.05) is 6.07 Å². The number of benzene rings is 1. The Hall–Kier alpha value is -1.27. The molecule has 0 bridgehead atoms. The molecular formula is C12H15F3N2O. The summed E-state index contributed by atoms with van der Waals surface area (Å²) in [6.07, 6.45) is -3.57. The lowest BCUT2D eigenvalue weighted by atomic mass is 9.96. The summed E-state index contributed by atoms with van der Waals surface area (Å²) in [5.74, 6) is 5.79. The maximum atomic E-state index is 12.5. The molecule has 1 aromatic rings. The minimum Gasteiger partial charge on any atom is -0.493 e. The van der Waals surface area contributed by atoms with E-state index in [0.29, 0.717) is 17.9 Å². The number of alkyl halides is 3. The molecule has 1 aromatic carbocycles. The molecule has 1 heterocycles. The van der Waals surface area contributed by atoms with Gasteiger partial charge in [0.2, 0.25) is 0 Å². The second-order valence-electron chi connectivity index (χ2n) is 4.33. The minimum atomic E-state index is -4.27. The number of para-hydroxylation sites is 1. The Bertz CT molecular complexity index is 420. The van der Waals surface area contributed by atoms with Gasteiger partial charge >= 0.3 is 6.18 Å². The van der Waals surface area contributed by atoms with Gasteiger partial charge in [0, 0.05) is 5.56 Å². The highest BCUT2D eigenvalue weighted by Crippen LogP contribution is 2.37. The van der Waals surface area contributed by atoms with E-state index in [4.69, 9.17) is 10.6 Å². The van der Waals surface area contributed by atoms with Crippen LogP contribution < -0.4 is 16.0 Å². The summed E-state index contributed by atoms with van der Waals surface area (Å²) in [6, 6.07) is 4.27. The average Bonchev–Trinajstić information content (AvgIpc) is 2.34. The number of hydrogen-bond acceptors (Lipinski definition) is 3. The molecule has 1 unspecified atom stereocenters. The molecule has 1 atom stereocenters. The van der Waals surface area contributed by atoms with Gasteiger partial charge in [0.05, 0.1) is 19.1 Å². The first-order valence-corrected chi connectivity index (χ1v) is 5.79. The van der Waals surface area contributed by atoms with Gasteiger partial charge in [0.15, 0.2) is 0 Å². The van der Waals surface area contributed by atoms with Crippen LogP contribution in [0.4, 0.5) is 13.2 Å². The predicted molar refractivity (Wildman–Crippen MR) is 61.0 cm³/mol. The highest BCUT2D eigenvalue weighted by atomic mass is 19.4. The van der Waals surface area contributed by atoms with Gasteiger partial charge in [0.25, 0.3) is 0 Å². The second-order valence-corrected chi connectivity index (χ2v) is 4.33. The van der Waals surface area contributed by atoms with E-state index in [0.717, 1.165) is 18.4 Å². The number of hydrazine groups is 1. The highest BCUT2D eigenvalue weighted by Gasteiger charge is 2.34. The van der Waals surface area contributed by atoms with Gasteiger partial charge in [-0.25, -0.2) is 0 Å². The minimum absolute atomic E-state index is 0.479. The number of ether oxygens (including phenoxy) is 1. The van der Waals surface area contributed by atoms with Crippen molar-refractivity contribution in [3.8, 4) is 5.75 Å². The maximum Gasteiger partial charge on any atom is 0.390 e. The van der Waals surface area contributed by atoms with Crippen molar-refractivity contribution in [3.63, 3.8) is 0 Å². The zero-order valence-electron chi connectivity index (χ0n) is 9.76. The van der Waals surface area contributed by atoms with E-state index < -0.39 is 18.6 Å². The number of rotatable bonds is 3. The fraction of sp³-hybridized carbons (Fsp3) is 0.500. The van der Waals surface area contributed by atoms with Crippen LogP contribution in [0.1, 0.15) is 30.0 Å². The molecule has 0 spiro atoms. The fourth-order valence-corrected chi connectivity index (χ4v) is 2.18. The van der Waals surface area contributed by atoms with Crippen molar-refractivity contribution < 1.29 is 17.9 Å². The van der Waals surface area contributed by atoms with E-state index in [1.54, 1.807) is 12.1 Å². The Morgan fingerprint density at radius 3 is 2.83 bits per heavy atom. The zero-order valence-corrected chi connectivity index (χ0v) is 9.76. The SMILES string of the molecule is NNC(CC(F)(F)F)c1cccc2c1OCCC2. The molecule has 0 saturated carbocycles. The average molecular weight is 260 g/mol. The fourth-order valence-electron chi connectivity index (χ4n) is 2.18. The van der Waals surface area contributed by atoms with Crippen LogP contribution in [-0.2, 0) is 6.42 Å². The highest BCUT2D eigenvalue weighted by molar-refractivity contribution is 5.44. The second kappa shape index (κ2) is 5.16. The van der Waals surface area contributed by atoms with Crippen LogP contribution in [0, 0.1) is 0 Å². The first-order chi connectivity index (χ1) is 8.51. The summed E-state index contributed by atoms with van der Waals surface area (Å²) in [5.41, 5.74) is 3.65. The van der Waals surface area contributed by atoms with Crippen LogP contribution in [0.2, 0.25) is 0 Å². The molecule has 0 amide bonds. The van der Waals surface area contributed by atoms with Gasteiger partial charge in [-0.1, -0.05) is 18.2 Å². The maximum absolute atomic E-state index is 12.5. The first kappa shape index (κ1) is 13.2. The predicted octanol–water partition coefficient (Wildman–Crippen LogP) is 2.47. The molecule has 0 saturated heterocycles. The van der Waals surface area contributed by atoms with Crippen molar-refractivity contribution in [1.29, 1.82) is 0 Å². The van der Waals surface area contributed by atoms with Crippen molar-refractivity contribution in [1.82, 2.24) is 5.43 Å². The third-order valence-electron chi connectivity index (χ3n) is 2.98. The summed E-state index contributed by atoms with van der Waals surface area (Å²) >= 11 is 0. The van der Waals surface area contributed by atoms with E-state index in [2.05, 4.69) is 5.43 Å². The largest absolute Gasteiger partial charge is 0.493 e. The lowest BCUT2D eigenvalue weighted by Crippen LogP contribution is -2.32. The van der Waals surface area contributed by atoms with Gasteiger partial charge in [0.1, 0.15) is 5.75 Å². The topological polar surface area (TPSA) is 47.3 Å². The Morgan fingerprint density at radius 2 is 2.17 bits per heavy atom. The molecule has 2 rings (SSSR count). The van der Waals surface area contributed by atoms with Crippen LogP contribution in [-0.4, -0.2) is 12.8 Å². The lowest BCUT2D eigenvalue weighted by Gasteiger charge is -2.25. The molecular weight excluding hydrogens is 245 g/mol. The summed E-state index contributed by atoms with van der Waals surface area (Å²) in [7, 11) is 0. The number of aryl methyl sites for hydroxylation is 1. The monoisotopic (exact) mass is 260 g/mol. The number of nitrogens with one attached hydrogen (secondary N) is 1. The zero-order chi connectivity index (χ0) is 13.2. The van der Waals surface area contributed by atoms with E-state index in [9.17, 15) is 13.2 Å². The van der Waals surface area contributed by atoms with Crippen molar-refractivity contribution in [3.05, 3.63) is 29.3 Å². The molecule has 0 aliphatic carbocycles. The molecule has 0 fully saturated rings. The molecule has 3 N–H and O–H groups in total. The summed E-state index contributed by atoms with van der Waals surface area (Å²) in [6.45, 7) is 0.535. The molecule has 100 valence electrons. The summed E-state index contributed by atoms with van der Waals surface area (Å²) in [5, 5.41) is 0. The number of nitrogens with two attached hydrogens (primary N) is 1. The number of fused-ring (bicyclic) bond motifs is 1. The van der Waals surface area contributed by atoms with Crippen molar-refractivity contribution in [2.45, 2.75) is 31.5 Å². The third-order valence-corrected chi connectivity index (χ3v) is 2.98. The number of halogens is 3. The molecule has 0 aromatic heterocycles. The summed E-state index contributed by atoms with van der Waals surface area (Å²) < 4.78 is 42.9. The Balaban J connectivity index is 2.30. The van der Waals surface area contributed by atoms with E-state index in [1.165, 1.54) is 0 Å². The Labute approximate surface area is 103 Å². The molecule has 18 heavy (non-hydrogen) atoms. The van der Waals surface area contributed by atoms with Crippen LogP contribution in [0.3, 0.4) is 0 Å². The van der Waals surface area contributed by atoms with Crippen LogP contribution in [0.5, 0.6) is 5.75 Å². The van der Waals surface area contributed by atoms with Crippen molar-refractivity contribution in [2.24, 2.45) is 5.84 Å². The first-order valence-electron chi connectivity index (χ1n) is 5.79. The standard InChI is InChI=1S/C12H15F3N2O/c13-12(14,15)7-10(17-16)9-5-1-3-8-4-2-6-18-11(8)9/h1,3,5,10,17H,2,4,6-7,16H2. The van der Waals surface area contributed by atoms with Crippen molar-refractivity contribution >= 4 is 0 Å². The van der Waals surface area contributed by atoms with Crippen LogP contribution in [0.15, 0.2) is 18.2 Å². The van der Waals surface area contributed by atoms with Crippen LogP contribution >= 0.6 is 0 Å². The van der Waals surface area contributed by atoms with E-state index in [-0.39, 0.29) is 0 Å². The molecule has 1 aliphatic heterocycles. The van der Waals surface area contributed by atoms with Gasteiger partial charge in [-0.05, 0) is 18.4 Å². The van der Waals surface area contributed by atoms with Crippen LogP contribution in [0.25, 0.3) is 0 Å². The Kier molecular flexibility index (Phi) is 3.77. The van der Waals surface area contributed by atoms with Gasteiger partial charge < -0.3 is 4.74 Å². The molecule has 1 aliphatic rings. The quantitative estimate of drug-likeness (QED) is 0.648. The number of hydrogen-bond donors (Lipinski definition) is 2. The molecule has 0 radical (unpaired) electrons. The lowest BCUT2D eigenvalue weighted by molar-refractivity contribution is -0.140. The third kappa shape index (κ3) is 2.94. The van der Waals surface area contributed by atoms with Gasteiger partial charge in [-0.15, -0.1) is 0 Å². The molecule has 3 nitrogen and oxygen atoms in total. The molecule has 6 heteroatoms.